The average Bonchev–Trinajstić information content (AvgIpc) is 2.97. The van der Waals surface area contributed by atoms with Crippen molar-refractivity contribution in [2.75, 3.05) is 67.2 Å². The number of piperazine rings is 1. The molecule has 1 unspecified atom stereocenters. The van der Waals surface area contributed by atoms with Gasteiger partial charge in [-0.1, -0.05) is 48.5 Å². The Labute approximate surface area is 232 Å². The smallest absolute Gasteiger partial charge is 0.203 e. The van der Waals surface area contributed by atoms with Crippen LogP contribution >= 0.6 is 0 Å². The van der Waals surface area contributed by atoms with Crippen LogP contribution in [-0.2, 0) is 12.0 Å². The van der Waals surface area contributed by atoms with Gasteiger partial charge in [-0.05, 0) is 42.7 Å². The number of hydrogen-bond donors (Lipinski definition) is 1. The third-order valence-electron chi connectivity index (χ3n) is 7.54. The Morgan fingerprint density at radius 3 is 2.03 bits per heavy atom. The minimum atomic E-state index is -1.07. The van der Waals surface area contributed by atoms with Crippen molar-refractivity contribution in [2.45, 2.75) is 25.4 Å². The number of aliphatic hydroxyl groups is 1. The first-order valence-corrected chi connectivity index (χ1v) is 13.7. The minimum absolute atomic E-state index is 0.497. The van der Waals surface area contributed by atoms with E-state index < -0.39 is 5.60 Å². The number of ether oxygens (including phenoxy) is 4. The van der Waals surface area contributed by atoms with Crippen LogP contribution in [0, 0.1) is 0 Å². The number of hydrogen-bond acceptors (Lipinski definition) is 7. The standard InChI is InChI=1S/C32H42N2O5/c1-32(35,27-14-15-29(36-2)31(38-4)30(27)37-3)16-17-33-18-20-34(21-19-33)22-23-39-28-13-9-8-12-26(28)24-25-10-6-5-7-11-25/h5-15,35H,16-24H2,1-4H3. The SMILES string of the molecule is COc1ccc(C(C)(O)CCN2CCN(CCOc3ccccc3Cc3ccccc3)CC2)c(OC)c1OC. The van der Waals surface area contributed by atoms with Gasteiger partial charge in [0.15, 0.2) is 11.5 Å². The van der Waals surface area contributed by atoms with Crippen molar-refractivity contribution >= 4 is 0 Å². The summed E-state index contributed by atoms with van der Waals surface area (Å²) in [5, 5.41) is 11.4. The van der Waals surface area contributed by atoms with Crippen molar-refractivity contribution < 1.29 is 24.1 Å². The Morgan fingerprint density at radius 2 is 1.36 bits per heavy atom. The zero-order valence-corrected chi connectivity index (χ0v) is 23.7. The van der Waals surface area contributed by atoms with Gasteiger partial charge in [-0.3, -0.25) is 4.90 Å². The van der Waals surface area contributed by atoms with Gasteiger partial charge in [-0.25, -0.2) is 0 Å². The van der Waals surface area contributed by atoms with E-state index in [1.165, 1.54) is 11.1 Å². The van der Waals surface area contributed by atoms with Crippen molar-refractivity contribution in [1.29, 1.82) is 0 Å². The Bertz CT molecular complexity index is 1180. The molecule has 210 valence electrons. The van der Waals surface area contributed by atoms with Crippen LogP contribution < -0.4 is 18.9 Å². The molecule has 1 fully saturated rings. The molecule has 1 aliphatic heterocycles. The maximum atomic E-state index is 11.4. The summed E-state index contributed by atoms with van der Waals surface area (Å²) < 4.78 is 22.7. The molecule has 1 N–H and O–H groups in total. The highest BCUT2D eigenvalue weighted by Crippen LogP contribution is 2.44. The largest absolute Gasteiger partial charge is 0.493 e. The summed E-state index contributed by atoms with van der Waals surface area (Å²) in [6.45, 7) is 8.08. The van der Waals surface area contributed by atoms with Crippen LogP contribution in [0.25, 0.3) is 0 Å². The predicted molar refractivity (Wildman–Crippen MR) is 154 cm³/mol. The second-order valence-electron chi connectivity index (χ2n) is 10.2. The second-order valence-corrected chi connectivity index (χ2v) is 10.2. The van der Waals surface area contributed by atoms with E-state index in [4.69, 9.17) is 18.9 Å². The van der Waals surface area contributed by atoms with Gasteiger partial charge in [-0.15, -0.1) is 0 Å². The number of nitrogens with zero attached hydrogens (tertiary/aromatic N) is 2. The van der Waals surface area contributed by atoms with Crippen molar-refractivity contribution in [3.8, 4) is 23.0 Å². The lowest BCUT2D eigenvalue weighted by Gasteiger charge is -2.36. The summed E-state index contributed by atoms with van der Waals surface area (Å²) >= 11 is 0. The molecule has 0 saturated carbocycles. The summed E-state index contributed by atoms with van der Waals surface area (Å²) in [4.78, 5) is 4.86. The van der Waals surface area contributed by atoms with Crippen LogP contribution in [0.5, 0.6) is 23.0 Å². The molecule has 0 spiro atoms. The Morgan fingerprint density at radius 1 is 0.718 bits per heavy atom. The fraction of sp³-hybridized carbons (Fsp3) is 0.438. The average molecular weight is 535 g/mol. The van der Waals surface area contributed by atoms with E-state index in [2.05, 4.69) is 52.3 Å². The Balaban J connectivity index is 1.24. The van der Waals surface area contributed by atoms with Crippen molar-refractivity contribution in [3.63, 3.8) is 0 Å². The van der Waals surface area contributed by atoms with E-state index in [0.717, 1.165) is 51.4 Å². The lowest BCUT2D eigenvalue weighted by atomic mass is 9.90. The molecule has 1 saturated heterocycles. The molecule has 39 heavy (non-hydrogen) atoms. The highest BCUT2D eigenvalue weighted by atomic mass is 16.5. The zero-order chi connectivity index (χ0) is 27.7. The molecule has 0 radical (unpaired) electrons. The molecule has 1 aliphatic rings. The molecule has 7 heteroatoms. The monoisotopic (exact) mass is 534 g/mol. The quantitative estimate of drug-likeness (QED) is 0.344. The van der Waals surface area contributed by atoms with Crippen LogP contribution in [0.1, 0.15) is 30.0 Å². The lowest BCUT2D eigenvalue weighted by Crippen LogP contribution is -2.48. The van der Waals surface area contributed by atoms with E-state index in [1.807, 2.05) is 31.2 Å². The van der Waals surface area contributed by atoms with Gasteiger partial charge in [0.05, 0.1) is 26.9 Å². The molecule has 1 heterocycles. The highest BCUT2D eigenvalue weighted by Gasteiger charge is 2.31. The van der Waals surface area contributed by atoms with Crippen LogP contribution in [0.2, 0.25) is 0 Å². The molecule has 3 aromatic rings. The third-order valence-corrected chi connectivity index (χ3v) is 7.54. The molecule has 3 aromatic carbocycles. The van der Waals surface area contributed by atoms with E-state index in [1.54, 1.807) is 21.3 Å². The third kappa shape index (κ3) is 7.44. The fourth-order valence-corrected chi connectivity index (χ4v) is 5.16. The predicted octanol–water partition coefficient (Wildman–Crippen LogP) is 4.60. The van der Waals surface area contributed by atoms with Gasteiger partial charge in [-0.2, -0.15) is 0 Å². The Hall–Kier alpha value is -3.26. The summed E-state index contributed by atoms with van der Waals surface area (Å²) in [7, 11) is 4.75. The molecular formula is C32H42N2O5. The van der Waals surface area contributed by atoms with Crippen molar-refractivity contribution in [1.82, 2.24) is 9.80 Å². The first-order valence-electron chi connectivity index (χ1n) is 13.7. The van der Waals surface area contributed by atoms with Crippen molar-refractivity contribution in [2.24, 2.45) is 0 Å². The molecular weight excluding hydrogens is 492 g/mol. The van der Waals surface area contributed by atoms with Gasteiger partial charge in [0.1, 0.15) is 12.4 Å². The normalized spacial score (nSPS) is 15.9. The summed E-state index contributed by atoms with van der Waals surface area (Å²) in [6.07, 6.45) is 1.45. The molecule has 0 aromatic heterocycles. The maximum absolute atomic E-state index is 11.4. The summed E-state index contributed by atoms with van der Waals surface area (Å²) in [6, 6.07) is 22.5. The molecule has 0 bridgehead atoms. The molecule has 0 aliphatic carbocycles. The molecule has 1 atom stereocenters. The van der Waals surface area contributed by atoms with E-state index in [0.29, 0.717) is 35.8 Å². The van der Waals surface area contributed by atoms with Crippen LogP contribution in [0.15, 0.2) is 66.7 Å². The van der Waals surface area contributed by atoms with Gasteiger partial charge < -0.3 is 29.0 Å². The second kappa shape index (κ2) is 13.7. The van der Waals surface area contributed by atoms with Crippen LogP contribution in [0.4, 0.5) is 0 Å². The van der Waals surface area contributed by atoms with Gasteiger partial charge in [0.25, 0.3) is 0 Å². The van der Waals surface area contributed by atoms with Gasteiger partial charge >= 0.3 is 0 Å². The van der Waals surface area contributed by atoms with E-state index in [-0.39, 0.29) is 0 Å². The number of rotatable bonds is 13. The summed E-state index contributed by atoms with van der Waals surface area (Å²) in [5.41, 5.74) is 2.13. The topological polar surface area (TPSA) is 63.6 Å². The van der Waals surface area contributed by atoms with Crippen LogP contribution in [-0.4, -0.2) is 82.1 Å². The Kier molecular flexibility index (Phi) is 10.1. The number of para-hydroxylation sites is 1. The highest BCUT2D eigenvalue weighted by molar-refractivity contribution is 5.57. The van der Waals surface area contributed by atoms with Crippen LogP contribution in [0.3, 0.4) is 0 Å². The molecule has 0 amide bonds. The van der Waals surface area contributed by atoms with Crippen molar-refractivity contribution in [3.05, 3.63) is 83.4 Å². The van der Waals surface area contributed by atoms with Gasteiger partial charge in [0.2, 0.25) is 5.75 Å². The summed E-state index contributed by atoms with van der Waals surface area (Å²) in [5.74, 6) is 2.55. The number of methoxy groups -OCH3 is 3. The molecule has 4 rings (SSSR count). The van der Waals surface area contributed by atoms with E-state index in [9.17, 15) is 5.11 Å². The van der Waals surface area contributed by atoms with E-state index >= 15 is 0 Å². The lowest BCUT2D eigenvalue weighted by molar-refractivity contribution is 0.0254. The minimum Gasteiger partial charge on any atom is -0.493 e. The fourth-order valence-electron chi connectivity index (χ4n) is 5.16. The zero-order valence-electron chi connectivity index (χ0n) is 23.7. The van der Waals surface area contributed by atoms with Gasteiger partial charge in [0, 0.05) is 51.3 Å². The first-order chi connectivity index (χ1) is 18.9. The molecule has 7 nitrogen and oxygen atoms in total. The number of benzene rings is 3. The first kappa shape index (κ1) is 28.7. The maximum Gasteiger partial charge on any atom is 0.203 e.